The van der Waals surface area contributed by atoms with Crippen molar-refractivity contribution in [3.05, 3.63) is 29.3 Å². The normalized spacial score (nSPS) is 12.8. The van der Waals surface area contributed by atoms with E-state index >= 15 is 0 Å². The first-order valence-electron chi connectivity index (χ1n) is 6.99. The van der Waals surface area contributed by atoms with Gasteiger partial charge in [0.15, 0.2) is 0 Å². The zero-order chi connectivity index (χ0) is 16.9. The number of nitrogens with zero attached hydrogens (tertiary/aromatic N) is 1. The molecule has 1 N–H and O–H groups in total. The van der Waals surface area contributed by atoms with Crippen molar-refractivity contribution in [3.63, 3.8) is 0 Å². The largest absolute Gasteiger partial charge is 0.383 e. The van der Waals surface area contributed by atoms with E-state index < -0.39 is 10.0 Å². The van der Waals surface area contributed by atoms with Crippen LogP contribution in [0.15, 0.2) is 18.2 Å². The molecule has 0 aliphatic rings. The maximum atomic E-state index is 12.1. The van der Waals surface area contributed by atoms with Gasteiger partial charge in [0.2, 0.25) is 15.9 Å². The number of carbonyl (C=O) groups is 1. The minimum absolute atomic E-state index is 0.183. The van der Waals surface area contributed by atoms with Crippen molar-refractivity contribution in [1.29, 1.82) is 0 Å². The monoisotopic (exact) mass is 328 g/mol. The second kappa shape index (κ2) is 7.60. The van der Waals surface area contributed by atoms with E-state index in [9.17, 15) is 13.2 Å². The van der Waals surface area contributed by atoms with Crippen LogP contribution in [0.1, 0.15) is 18.1 Å². The molecule has 0 fully saturated rings. The molecule has 0 bridgehead atoms. The fourth-order valence-electron chi connectivity index (χ4n) is 2.30. The lowest BCUT2D eigenvalue weighted by Gasteiger charge is -2.26. The van der Waals surface area contributed by atoms with E-state index in [-0.39, 0.29) is 18.5 Å². The Kier molecular flexibility index (Phi) is 6.37. The summed E-state index contributed by atoms with van der Waals surface area (Å²) in [5, 5.41) is 2.72. The SMILES string of the molecule is COC[C@H](C)NC(=O)CN(c1c(C)cccc1C)S(C)(=O)=O. The Bertz CT molecular complexity index is 608. The first-order valence-corrected chi connectivity index (χ1v) is 8.84. The van der Waals surface area contributed by atoms with Crippen LogP contribution >= 0.6 is 0 Å². The minimum Gasteiger partial charge on any atom is -0.383 e. The van der Waals surface area contributed by atoms with Crippen LogP contribution in [0, 0.1) is 13.8 Å². The maximum absolute atomic E-state index is 12.1. The molecule has 124 valence electrons. The van der Waals surface area contributed by atoms with E-state index in [1.807, 2.05) is 32.0 Å². The van der Waals surface area contributed by atoms with Gasteiger partial charge in [-0.1, -0.05) is 18.2 Å². The van der Waals surface area contributed by atoms with Crippen molar-refractivity contribution >= 4 is 21.6 Å². The lowest BCUT2D eigenvalue weighted by molar-refractivity contribution is -0.120. The lowest BCUT2D eigenvalue weighted by Crippen LogP contribution is -2.44. The van der Waals surface area contributed by atoms with E-state index in [0.29, 0.717) is 12.3 Å². The van der Waals surface area contributed by atoms with Crippen molar-refractivity contribution in [2.75, 3.05) is 30.8 Å². The number of nitrogens with one attached hydrogen (secondary N) is 1. The van der Waals surface area contributed by atoms with Gasteiger partial charge in [0.25, 0.3) is 0 Å². The molecule has 0 unspecified atom stereocenters. The van der Waals surface area contributed by atoms with E-state index in [1.165, 1.54) is 0 Å². The van der Waals surface area contributed by atoms with Crippen molar-refractivity contribution in [3.8, 4) is 0 Å². The first-order chi connectivity index (χ1) is 10.2. The summed E-state index contributed by atoms with van der Waals surface area (Å²) < 4.78 is 30.3. The summed E-state index contributed by atoms with van der Waals surface area (Å²) >= 11 is 0. The number of anilines is 1. The molecule has 1 amide bonds. The summed E-state index contributed by atoms with van der Waals surface area (Å²) in [6, 6.07) is 5.32. The Labute approximate surface area is 132 Å². The molecular weight excluding hydrogens is 304 g/mol. The number of hydrogen-bond acceptors (Lipinski definition) is 4. The highest BCUT2D eigenvalue weighted by Gasteiger charge is 2.24. The second-order valence-corrected chi connectivity index (χ2v) is 7.34. The topological polar surface area (TPSA) is 75.7 Å². The molecule has 0 aliphatic carbocycles. The van der Waals surface area contributed by atoms with Gasteiger partial charge in [0.1, 0.15) is 6.54 Å². The smallest absolute Gasteiger partial charge is 0.241 e. The quantitative estimate of drug-likeness (QED) is 0.816. The summed E-state index contributed by atoms with van der Waals surface area (Å²) in [7, 11) is -2.02. The minimum atomic E-state index is -3.56. The Morgan fingerprint density at radius 3 is 2.32 bits per heavy atom. The van der Waals surface area contributed by atoms with E-state index in [0.717, 1.165) is 21.7 Å². The molecule has 0 heterocycles. The third-order valence-corrected chi connectivity index (χ3v) is 4.31. The Hall–Kier alpha value is -1.60. The fraction of sp³-hybridized carbons (Fsp3) is 0.533. The van der Waals surface area contributed by atoms with Crippen LogP contribution in [0.4, 0.5) is 5.69 Å². The molecule has 0 radical (unpaired) electrons. The van der Waals surface area contributed by atoms with Gasteiger partial charge in [0, 0.05) is 13.2 Å². The van der Waals surface area contributed by atoms with Gasteiger partial charge in [-0.3, -0.25) is 9.10 Å². The van der Waals surface area contributed by atoms with Crippen LogP contribution in [0.2, 0.25) is 0 Å². The van der Waals surface area contributed by atoms with E-state index in [1.54, 1.807) is 14.0 Å². The number of sulfonamides is 1. The van der Waals surface area contributed by atoms with Crippen molar-refractivity contribution in [2.24, 2.45) is 0 Å². The Morgan fingerprint density at radius 2 is 1.86 bits per heavy atom. The van der Waals surface area contributed by atoms with Crippen LogP contribution in [0.5, 0.6) is 0 Å². The van der Waals surface area contributed by atoms with Crippen molar-refractivity contribution < 1.29 is 17.9 Å². The molecule has 1 aromatic carbocycles. The molecule has 0 aromatic heterocycles. The van der Waals surface area contributed by atoms with Gasteiger partial charge < -0.3 is 10.1 Å². The van der Waals surface area contributed by atoms with E-state index in [4.69, 9.17) is 4.74 Å². The predicted molar refractivity (Wildman–Crippen MR) is 87.6 cm³/mol. The zero-order valence-corrected chi connectivity index (χ0v) is 14.5. The van der Waals surface area contributed by atoms with Gasteiger partial charge in [-0.15, -0.1) is 0 Å². The number of aryl methyl sites for hydroxylation is 2. The molecule has 1 atom stereocenters. The second-order valence-electron chi connectivity index (χ2n) is 5.43. The zero-order valence-electron chi connectivity index (χ0n) is 13.7. The highest BCUT2D eigenvalue weighted by atomic mass is 32.2. The number of methoxy groups -OCH3 is 1. The number of rotatable bonds is 7. The van der Waals surface area contributed by atoms with E-state index in [2.05, 4.69) is 5.32 Å². The molecule has 1 aromatic rings. The highest BCUT2D eigenvalue weighted by molar-refractivity contribution is 7.92. The predicted octanol–water partition coefficient (Wildman–Crippen LogP) is 1.22. The molecular formula is C15H24N2O4S. The first kappa shape index (κ1) is 18.4. The number of carbonyl (C=O) groups excluding carboxylic acids is 1. The third-order valence-electron chi connectivity index (χ3n) is 3.20. The summed E-state index contributed by atoms with van der Waals surface area (Å²) in [5.74, 6) is -0.363. The molecule has 0 spiro atoms. The number of ether oxygens (including phenoxy) is 1. The van der Waals surface area contributed by atoms with Crippen LogP contribution in [0.3, 0.4) is 0 Å². The molecule has 0 aliphatic heterocycles. The fourth-order valence-corrected chi connectivity index (χ4v) is 3.28. The van der Waals surface area contributed by atoms with Gasteiger partial charge >= 0.3 is 0 Å². The number of amides is 1. The molecule has 7 heteroatoms. The van der Waals surface area contributed by atoms with Crippen LogP contribution in [0.25, 0.3) is 0 Å². The van der Waals surface area contributed by atoms with Gasteiger partial charge in [0.05, 0.1) is 18.6 Å². The van der Waals surface area contributed by atoms with Gasteiger partial charge in [-0.25, -0.2) is 8.42 Å². The van der Waals surface area contributed by atoms with Crippen molar-refractivity contribution in [2.45, 2.75) is 26.8 Å². The Morgan fingerprint density at radius 1 is 1.32 bits per heavy atom. The summed E-state index contributed by atoms with van der Waals surface area (Å²) in [6.07, 6.45) is 1.10. The summed E-state index contributed by atoms with van der Waals surface area (Å²) in [4.78, 5) is 12.1. The molecule has 6 nitrogen and oxygen atoms in total. The average molecular weight is 328 g/mol. The summed E-state index contributed by atoms with van der Waals surface area (Å²) in [5.41, 5.74) is 2.17. The van der Waals surface area contributed by atoms with Crippen LogP contribution < -0.4 is 9.62 Å². The molecule has 0 saturated heterocycles. The Balaban J connectivity index is 3.04. The van der Waals surface area contributed by atoms with Crippen molar-refractivity contribution in [1.82, 2.24) is 5.32 Å². The average Bonchev–Trinajstić information content (AvgIpc) is 2.36. The van der Waals surface area contributed by atoms with Gasteiger partial charge in [-0.2, -0.15) is 0 Å². The lowest BCUT2D eigenvalue weighted by atomic mass is 10.1. The van der Waals surface area contributed by atoms with Crippen LogP contribution in [-0.4, -0.2) is 46.9 Å². The highest BCUT2D eigenvalue weighted by Crippen LogP contribution is 2.26. The number of benzene rings is 1. The van der Waals surface area contributed by atoms with Crippen LogP contribution in [-0.2, 0) is 19.6 Å². The molecule has 1 rings (SSSR count). The third kappa shape index (κ3) is 4.99. The molecule has 22 heavy (non-hydrogen) atoms. The van der Waals surface area contributed by atoms with Gasteiger partial charge in [-0.05, 0) is 31.9 Å². The number of para-hydroxylation sites is 1. The molecule has 0 saturated carbocycles. The number of hydrogen-bond donors (Lipinski definition) is 1. The maximum Gasteiger partial charge on any atom is 0.241 e. The summed E-state index contributed by atoms with van der Waals surface area (Å²) in [6.45, 7) is 5.57. The standard InChI is InChI=1S/C15H24N2O4S/c1-11-7-6-8-12(2)15(11)17(22(5,19)20)9-14(18)16-13(3)10-21-4/h6-8,13H,9-10H2,1-5H3,(H,16,18)/t13-/m0/s1.